The Bertz CT molecular complexity index is 1320. The van der Waals surface area contributed by atoms with Crippen LogP contribution in [0.3, 0.4) is 0 Å². The summed E-state index contributed by atoms with van der Waals surface area (Å²) in [5.41, 5.74) is 0. The number of hydrogen-bond acceptors (Lipinski definition) is 11. The molecule has 0 atom stereocenters. The van der Waals surface area contributed by atoms with Crippen LogP contribution in [0.25, 0.3) is 0 Å². The molecule has 420 valence electrons. The van der Waals surface area contributed by atoms with E-state index < -0.39 is 36.3 Å². The minimum Gasteiger partial charge on any atom is -0.480 e. The van der Waals surface area contributed by atoms with Crippen LogP contribution in [0.15, 0.2) is 0 Å². The zero-order valence-electron chi connectivity index (χ0n) is 45.9. The van der Waals surface area contributed by atoms with Crippen molar-refractivity contribution >= 4 is 35.7 Å². The van der Waals surface area contributed by atoms with Crippen molar-refractivity contribution in [2.24, 2.45) is 0 Å². The summed E-state index contributed by atoms with van der Waals surface area (Å²) in [7, 11) is 0. The Morgan fingerprint density at radius 1 is 0.389 bits per heavy atom. The number of nitrogens with one attached hydrogen (secondary N) is 1. The van der Waals surface area contributed by atoms with Gasteiger partial charge in [-0.25, -0.2) is 0 Å². The van der Waals surface area contributed by atoms with Crippen LogP contribution in [0.2, 0.25) is 0 Å². The van der Waals surface area contributed by atoms with Gasteiger partial charge in [0, 0.05) is 65.4 Å². The molecule has 0 aromatic heterocycles. The predicted octanol–water partition coefficient (Wildman–Crippen LogP) is 9.47. The van der Waals surface area contributed by atoms with Gasteiger partial charge in [-0.3, -0.25) is 48.4 Å². The van der Waals surface area contributed by atoms with Crippen LogP contribution in [0.4, 0.5) is 0 Å². The Morgan fingerprint density at radius 3 is 0.903 bits per heavy atom. The van der Waals surface area contributed by atoms with E-state index in [2.05, 4.69) is 19.2 Å². The molecule has 0 bridgehead atoms. The topological polar surface area (TPSA) is 201 Å². The third-order valence-corrected chi connectivity index (χ3v) is 14.1. The number of unbranched alkanes of at least 4 members (excludes halogenated alkanes) is 30. The predicted molar refractivity (Wildman–Crippen MR) is 288 cm³/mol. The van der Waals surface area contributed by atoms with Crippen LogP contribution in [0.1, 0.15) is 219 Å². The second-order valence-corrected chi connectivity index (χ2v) is 20.7. The lowest BCUT2D eigenvalue weighted by molar-refractivity contribution is -0.151. The maximum atomic E-state index is 13.5. The van der Waals surface area contributed by atoms with Crippen molar-refractivity contribution in [1.29, 1.82) is 0 Å². The SMILES string of the molecule is CCCCCCCCCCCCCCCCCCN(CCCCCCCCCCCCCCCCCC)C(=O)COC(=O)CNC(=O)CN1CCN(CC(=O)O)CCN(CC(=O)O)CCN(CC(=O)O)CC1. The van der Waals surface area contributed by atoms with Gasteiger partial charge in [-0.2, -0.15) is 0 Å². The maximum absolute atomic E-state index is 13.5. The van der Waals surface area contributed by atoms with E-state index in [-0.39, 0.29) is 91.1 Å². The smallest absolute Gasteiger partial charge is 0.325 e. The molecule has 0 aliphatic carbocycles. The summed E-state index contributed by atoms with van der Waals surface area (Å²) in [6.45, 7) is 6.18. The zero-order chi connectivity index (χ0) is 52.7. The van der Waals surface area contributed by atoms with Gasteiger partial charge in [0.05, 0.1) is 26.2 Å². The molecular formula is C56H106N6O10. The number of nitrogens with zero attached hydrogens (tertiary/aromatic N) is 5. The van der Waals surface area contributed by atoms with Crippen molar-refractivity contribution in [3.63, 3.8) is 0 Å². The Labute approximate surface area is 437 Å². The second-order valence-electron chi connectivity index (χ2n) is 20.7. The van der Waals surface area contributed by atoms with Crippen LogP contribution in [0.5, 0.6) is 0 Å². The first-order valence-electron chi connectivity index (χ1n) is 29.2. The summed E-state index contributed by atoms with van der Waals surface area (Å²) in [4.78, 5) is 82.9. The molecule has 16 heteroatoms. The van der Waals surface area contributed by atoms with E-state index >= 15 is 0 Å². The van der Waals surface area contributed by atoms with Crippen molar-refractivity contribution in [3.05, 3.63) is 0 Å². The van der Waals surface area contributed by atoms with Crippen molar-refractivity contribution < 1.29 is 48.8 Å². The van der Waals surface area contributed by atoms with Gasteiger partial charge in [0.15, 0.2) is 6.61 Å². The number of carbonyl (C=O) groups excluding carboxylic acids is 3. The third kappa shape index (κ3) is 42.1. The number of amides is 2. The number of aliphatic carboxylic acids is 3. The molecule has 1 fully saturated rings. The first-order valence-corrected chi connectivity index (χ1v) is 29.2. The average molecular weight is 1020 g/mol. The van der Waals surface area contributed by atoms with E-state index in [9.17, 15) is 44.1 Å². The lowest BCUT2D eigenvalue weighted by atomic mass is 10.0. The highest BCUT2D eigenvalue weighted by atomic mass is 16.5. The van der Waals surface area contributed by atoms with Crippen molar-refractivity contribution in [3.8, 4) is 0 Å². The number of carboxylic acids is 3. The zero-order valence-corrected chi connectivity index (χ0v) is 45.9. The molecule has 1 saturated heterocycles. The average Bonchev–Trinajstić information content (AvgIpc) is 3.34. The van der Waals surface area contributed by atoms with Gasteiger partial charge in [-0.1, -0.05) is 206 Å². The van der Waals surface area contributed by atoms with Gasteiger partial charge >= 0.3 is 23.9 Å². The van der Waals surface area contributed by atoms with Crippen LogP contribution >= 0.6 is 0 Å². The number of carboxylic acid groups (broad SMARTS) is 3. The second kappa shape index (κ2) is 47.4. The Morgan fingerprint density at radius 2 is 0.639 bits per heavy atom. The minimum atomic E-state index is -1.04. The summed E-state index contributed by atoms with van der Waals surface area (Å²) >= 11 is 0. The van der Waals surface area contributed by atoms with Crippen LogP contribution in [-0.2, 0) is 33.5 Å². The molecule has 0 saturated carbocycles. The van der Waals surface area contributed by atoms with Crippen LogP contribution in [0, 0.1) is 0 Å². The Kier molecular flexibility index (Phi) is 43.9. The molecule has 16 nitrogen and oxygen atoms in total. The Balaban J connectivity index is 2.61. The summed E-state index contributed by atoms with van der Waals surface area (Å²) < 4.78 is 5.39. The number of carbonyl (C=O) groups is 6. The molecular weight excluding hydrogens is 917 g/mol. The molecule has 0 aromatic rings. The fraction of sp³-hybridized carbons (Fsp3) is 0.893. The lowest BCUT2D eigenvalue weighted by Gasteiger charge is -2.32. The number of ether oxygens (including phenoxy) is 1. The molecule has 72 heavy (non-hydrogen) atoms. The van der Waals surface area contributed by atoms with Crippen molar-refractivity contribution in [2.75, 3.05) is 105 Å². The van der Waals surface area contributed by atoms with Crippen molar-refractivity contribution in [2.45, 2.75) is 219 Å². The van der Waals surface area contributed by atoms with E-state index in [4.69, 9.17) is 4.74 Å². The maximum Gasteiger partial charge on any atom is 0.325 e. The van der Waals surface area contributed by atoms with Gasteiger partial charge in [0.2, 0.25) is 5.91 Å². The summed E-state index contributed by atoms with van der Waals surface area (Å²) in [6, 6.07) is 0. The van der Waals surface area contributed by atoms with Gasteiger partial charge in [-0.15, -0.1) is 0 Å². The van der Waals surface area contributed by atoms with E-state index in [1.54, 1.807) is 19.6 Å². The number of hydrogen-bond donors (Lipinski definition) is 4. The van der Waals surface area contributed by atoms with E-state index in [0.29, 0.717) is 13.1 Å². The standard InChI is InChI=1S/C56H106N6O10/c1-3-5-7-9-11-13-15-17-19-21-23-25-27-29-31-33-35-62(36-34-32-30-28-26-24-22-20-18-16-14-12-10-8-6-4-2)52(64)50-72-56(71)45-57-51(63)46-58-37-39-59(47-53(65)66)41-43-61(49-55(69)70)44-42-60(40-38-58)48-54(67)68/h3-50H2,1-2H3,(H,57,63)(H,65,66)(H,67,68)(H,69,70). The summed E-state index contributed by atoms with van der Waals surface area (Å²) in [6.07, 6.45) is 41.0. The lowest BCUT2D eigenvalue weighted by Crippen LogP contribution is -2.50. The van der Waals surface area contributed by atoms with Crippen LogP contribution < -0.4 is 5.32 Å². The molecule has 0 radical (unpaired) electrons. The quantitative estimate of drug-likeness (QED) is 0.0332. The highest BCUT2D eigenvalue weighted by molar-refractivity contribution is 5.85. The minimum absolute atomic E-state index is 0.133. The first kappa shape index (κ1) is 66.7. The molecule has 4 N–H and O–H groups in total. The molecule has 2 amide bonds. The largest absolute Gasteiger partial charge is 0.480 e. The van der Waals surface area contributed by atoms with Gasteiger partial charge in [-0.05, 0) is 12.8 Å². The monoisotopic (exact) mass is 1020 g/mol. The van der Waals surface area contributed by atoms with Gasteiger partial charge < -0.3 is 30.3 Å². The normalized spacial score (nSPS) is 14.6. The Hall–Kier alpha value is -3.34. The first-order chi connectivity index (χ1) is 34.9. The van der Waals surface area contributed by atoms with E-state index in [1.807, 2.05) is 4.90 Å². The van der Waals surface area contributed by atoms with Crippen LogP contribution in [-0.4, -0.2) is 180 Å². The van der Waals surface area contributed by atoms with E-state index in [0.717, 1.165) is 38.5 Å². The summed E-state index contributed by atoms with van der Waals surface area (Å²) in [5.74, 6) is -4.53. The third-order valence-electron chi connectivity index (χ3n) is 14.1. The molecule has 1 rings (SSSR count). The van der Waals surface area contributed by atoms with Gasteiger partial charge in [0.1, 0.15) is 6.54 Å². The molecule has 1 aliphatic heterocycles. The van der Waals surface area contributed by atoms with E-state index in [1.165, 1.54) is 167 Å². The molecule has 0 spiro atoms. The highest BCUT2D eigenvalue weighted by Crippen LogP contribution is 2.16. The van der Waals surface area contributed by atoms with Crippen molar-refractivity contribution in [1.82, 2.24) is 29.8 Å². The fourth-order valence-corrected chi connectivity index (χ4v) is 9.56. The number of esters is 1. The fourth-order valence-electron chi connectivity index (χ4n) is 9.56. The summed E-state index contributed by atoms with van der Waals surface area (Å²) in [5, 5.41) is 31.0. The molecule has 1 heterocycles. The molecule has 0 unspecified atom stereocenters. The number of rotatable bonds is 46. The van der Waals surface area contributed by atoms with Gasteiger partial charge in [0.25, 0.3) is 5.91 Å². The molecule has 1 aliphatic rings. The molecule has 0 aromatic carbocycles. The highest BCUT2D eigenvalue weighted by Gasteiger charge is 2.22.